The molecule has 3 atom stereocenters. The van der Waals surface area contributed by atoms with E-state index in [4.69, 9.17) is 4.74 Å². The normalized spacial score (nSPS) is 16.3. The number of hydrogen-bond acceptors (Lipinski definition) is 5. The van der Waals surface area contributed by atoms with Crippen molar-refractivity contribution in [2.24, 2.45) is 0 Å². The summed E-state index contributed by atoms with van der Waals surface area (Å²) in [5.74, 6) is -4.22. The Hall–Kier alpha value is -2.33. The van der Waals surface area contributed by atoms with Crippen molar-refractivity contribution < 1.29 is 37.1 Å². The molecule has 39 heavy (non-hydrogen) atoms. The zero-order valence-electron chi connectivity index (χ0n) is 24.9. The number of nitrogens with one attached hydrogen (secondary N) is 3. The molecule has 0 bridgehead atoms. The molecular weight excluding hydrogens is 515 g/mol. The maximum atomic E-state index is 14.0. The van der Waals surface area contributed by atoms with Gasteiger partial charge in [-0.1, -0.05) is 80.1 Å². The molecule has 3 N–H and O–H groups in total. The topological polar surface area (TPSA) is 114 Å². The largest absolute Gasteiger partial charge is 0.471 e. The summed E-state index contributed by atoms with van der Waals surface area (Å²) in [6.45, 7) is 12.5. The molecule has 0 aliphatic heterocycles. The molecule has 11 heteroatoms. The van der Waals surface area contributed by atoms with E-state index < -0.39 is 46.5 Å². The Morgan fingerprint density at radius 1 is 0.564 bits per heavy atom. The molecule has 3 amide bonds. The molecule has 0 rings (SSSR count). The minimum atomic E-state index is -5.17. The smallest absolute Gasteiger partial charge is 0.464 e. The predicted molar refractivity (Wildman–Crippen MR) is 145 cm³/mol. The van der Waals surface area contributed by atoms with Crippen LogP contribution in [0.4, 0.5) is 13.2 Å². The van der Waals surface area contributed by atoms with Crippen LogP contribution in [0.15, 0.2) is 0 Å². The third-order valence-corrected chi connectivity index (χ3v) is 7.53. The number of rotatable bonds is 19. The van der Waals surface area contributed by atoms with Crippen LogP contribution in [0.1, 0.15) is 126 Å². The summed E-state index contributed by atoms with van der Waals surface area (Å²) in [4.78, 5) is 52.8. The van der Waals surface area contributed by atoms with E-state index in [1.807, 2.05) is 26.1 Å². The number of carbonyl (C=O) groups excluding carboxylic acids is 4. The quantitative estimate of drug-likeness (QED) is 0.180. The van der Waals surface area contributed by atoms with Crippen LogP contribution in [0.25, 0.3) is 0 Å². The van der Waals surface area contributed by atoms with E-state index in [-0.39, 0.29) is 38.7 Å². The Kier molecular flexibility index (Phi) is 15.7. The number of carbonyl (C=O) groups is 4. The summed E-state index contributed by atoms with van der Waals surface area (Å²) in [6, 6.07) is 0. The molecule has 0 unspecified atom stereocenters. The Morgan fingerprint density at radius 2 is 0.897 bits per heavy atom. The SMILES string of the molecule is CCCC[C@](CC)(NC(=O)C(F)(F)F)C(=O)N[C@@](CC)(CCCC)C(=O)N[C@@](CC)(CCCC)C(=O)OCC. The lowest BCUT2D eigenvalue weighted by molar-refractivity contribution is -0.176. The van der Waals surface area contributed by atoms with E-state index in [1.54, 1.807) is 20.8 Å². The summed E-state index contributed by atoms with van der Waals surface area (Å²) >= 11 is 0. The van der Waals surface area contributed by atoms with Crippen molar-refractivity contribution in [3.05, 3.63) is 0 Å². The van der Waals surface area contributed by atoms with Crippen LogP contribution in [0.3, 0.4) is 0 Å². The highest BCUT2D eigenvalue weighted by Gasteiger charge is 2.50. The third-order valence-electron chi connectivity index (χ3n) is 7.53. The van der Waals surface area contributed by atoms with Gasteiger partial charge in [0.1, 0.15) is 16.6 Å². The Balaban J connectivity index is 6.60. The van der Waals surface area contributed by atoms with Gasteiger partial charge in [0, 0.05) is 0 Å². The Labute approximate surface area is 231 Å². The molecule has 228 valence electrons. The Bertz CT molecular complexity index is 808. The molecule has 0 saturated carbocycles. The van der Waals surface area contributed by atoms with Crippen LogP contribution in [-0.4, -0.2) is 53.1 Å². The van der Waals surface area contributed by atoms with Crippen molar-refractivity contribution in [3.8, 4) is 0 Å². The van der Waals surface area contributed by atoms with Crippen molar-refractivity contribution in [1.82, 2.24) is 16.0 Å². The number of esters is 1. The summed E-state index contributed by atoms with van der Waals surface area (Å²) < 4.78 is 44.9. The van der Waals surface area contributed by atoms with Crippen molar-refractivity contribution in [3.63, 3.8) is 0 Å². The van der Waals surface area contributed by atoms with Gasteiger partial charge >= 0.3 is 18.1 Å². The highest BCUT2D eigenvalue weighted by molar-refractivity contribution is 5.99. The van der Waals surface area contributed by atoms with E-state index in [9.17, 15) is 32.3 Å². The highest BCUT2D eigenvalue weighted by Crippen LogP contribution is 2.29. The standard InChI is InChI=1S/C28H50F3N3O5/c1-8-15-18-25(11-4,22(36)33-27(13-6,20-17-10-3)24(38)39-14-7)32-21(35)26(12-5,19-16-9-2)34-23(37)28(29,30)31/h8-20H2,1-7H3,(H,32,35)(H,33,36)(H,34,37)/t25-,26-,27-/m0/s1. The maximum absolute atomic E-state index is 14.0. The second kappa shape index (κ2) is 16.7. The lowest BCUT2D eigenvalue weighted by Gasteiger charge is -2.41. The minimum Gasteiger partial charge on any atom is -0.464 e. The zero-order valence-corrected chi connectivity index (χ0v) is 24.9. The highest BCUT2D eigenvalue weighted by atomic mass is 19.4. The van der Waals surface area contributed by atoms with E-state index in [2.05, 4.69) is 10.6 Å². The third kappa shape index (κ3) is 9.98. The molecule has 0 aromatic rings. The average Bonchev–Trinajstić information content (AvgIpc) is 2.90. The number of alkyl halides is 3. The molecule has 8 nitrogen and oxygen atoms in total. The lowest BCUT2D eigenvalue weighted by atomic mass is 9.82. The van der Waals surface area contributed by atoms with Crippen LogP contribution in [0.5, 0.6) is 0 Å². The number of amides is 3. The first kappa shape index (κ1) is 36.7. The van der Waals surface area contributed by atoms with Crippen molar-refractivity contribution in [1.29, 1.82) is 0 Å². The predicted octanol–water partition coefficient (Wildman–Crippen LogP) is 5.48. The first-order chi connectivity index (χ1) is 18.2. The van der Waals surface area contributed by atoms with Gasteiger partial charge in [-0.2, -0.15) is 13.2 Å². The molecule has 0 aliphatic carbocycles. The monoisotopic (exact) mass is 565 g/mol. The van der Waals surface area contributed by atoms with Crippen LogP contribution >= 0.6 is 0 Å². The first-order valence-corrected chi connectivity index (χ1v) is 14.4. The summed E-state index contributed by atoms with van der Waals surface area (Å²) in [5.41, 5.74) is -4.68. The van der Waals surface area contributed by atoms with Gasteiger partial charge in [-0.15, -0.1) is 0 Å². The van der Waals surface area contributed by atoms with Gasteiger partial charge in [-0.3, -0.25) is 14.4 Å². The fourth-order valence-electron chi connectivity index (χ4n) is 4.61. The summed E-state index contributed by atoms with van der Waals surface area (Å²) in [6.07, 6.45) is -0.751. The first-order valence-electron chi connectivity index (χ1n) is 14.4. The van der Waals surface area contributed by atoms with Gasteiger partial charge in [-0.25, -0.2) is 4.79 Å². The second-order valence-corrected chi connectivity index (χ2v) is 10.2. The number of unbranched alkanes of at least 4 members (excludes halogenated alkanes) is 3. The fraction of sp³-hybridized carbons (Fsp3) is 0.857. The van der Waals surface area contributed by atoms with Gasteiger partial charge in [0.25, 0.3) is 0 Å². The van der Waals surface area contributed by atoms with Crippen molar-refractivity contribution in [2.75, 3.05) is 6.61 Å². The van der Waals surface area contributed by atoms with Crippen LogP contribution < -0.4 is 16.0 Å². The molecular formula is C28H50F3N3O5. The van der Waals surface area contributed by atoms with E-state index in [0.717, 1.165) is 6.42 Å². The van der Waals surface area contributed by atoms with Crippen molar-refractivity contribution >= 4 is 23.7 Å². The van der Waals surface area contributed by atoms with E-state index >= 15 is 0 Å². The van der Waals surface area contributed by atoms with E-state index in [0.29, 0.717) is 38.5 Å². The van der Waals surface area contributed by atoms with Gasteiger partial charge in [-0.05, 0) is 45.4 Å². The van der Waals surface area contributed by atoms with Gasteiger partial charge in [0.05, 0.1) is 6.61 Å². The molecule has 0 radical (unpaired) electrons. The molecule has 0 heterocycles. The molecule has 0 aromatic carbocycles. The maximum Gasteiger partial charge on any atom is 0.471 e. The molecule has 0 saturated heterocycles. The summed E-state index contributed by atoms with van der Waals surface area (Å²) in [5, 5.41) is 7.59. The van der Waals surface area contributed by atoms with Crippen LogP contribution in [0, 0.1) is 0 Å². The summed E-state index contributed by atoms with van der Waals surface area (Å²) in [7, 11) is 0. The van der Waals surface area contributed by atoms with Gasteiger partial charge < -0.3 is 20.7 Å². The molecule has 0 aliphatic rings. The zero-order chi connectivity index (χ0) is 30.3. The molecule has 0 spiro atoms. The number of ether oxygens (including phenoxy) is 1. The number of hydrogen-bond donors (Lipinski definition) is 3. The fourth-order valence-corrected chi connectivity index (χ4v) is 4.61. The lowest BCUT2D eigenvalue weighted by Crippen LogP contribution is -2.69. The van der Waals surface area contributed by atoms with Gasteiger partial charge in [0.15, 0.2) is 0 Å². The van der Waals surface area contributed by atoms with E-state index in [1.165, 1.54) is 6.92 Å². The van der Waals surface area contributed by atoms with Crippen molar-refractivity contribution in [2.45, 2.75) is 148 Å². The Morgan fingerprint density at radius 3 is 1.21 bits per heavy atom. The van der Waals surface area contributed by atoms with Crippen LogP contribution in [0.2, 0.25) is 0 Å². The molecule has 0 aromatic heterocycles. The average molecular weight is 566 g/mol. The molecule has 0 fully saturated rings. The van der Waals surface area contributed by atoms with Crippen LogP contribution in [-0.2, 0) is 23.9 Å². The van der Waals surface area contributed by atoms with Gasteiger partial charge in [0.2, 0.25) is 11.8 Å². The minimum absolute atomic E-state index is 0.0267. The second-order valence-electron chi connectivity index (χ2n) is 10.2. The number of halogens is 3.